The highest BCUT2D eigenvalue weighted by Crippen LogP contribution is 2.52. The molecule has 4 aromatic heterocycles. The largest absolute Gasteiger partial charge is 0.456 e. The van der Waals surface area contributed by atoms with Gasteiger partial charge in [0.05, 0.1) is 0 Å². The summed E-state index contributed by atoms with van der Waals surface area (Å²) in [6.07, 6.45) is 0. The van der Waals surface area contributed by atoms with Crippen LogP contribution in [0.4, 0.5) is 0 Å². The molecule has 112 heavy (non-hydrogen) atoms. The van der Waals surface area contributed by atoms with Crippen molar-refractivity contribution in [2.24, 2.45) is 0 Å². The summed E-state index contributed by atoms with van der Waals surface area (Å²) in [6, 6.07) is 140. The summed E-state index contributed by atoms with van der Waals surface area (Å²) in [5.41, 5.74) is 26.3. The molecule has 0 radical (unpaired) electrons. The van der Waals surface area contributed by atoms with Gasteiger partial charge in [-0.2, -0.15) is 0 Å². The lowest BCUT2D eigenvalue weighted by atomic mass is 9.83. The maximum atomic E-state index is 6.42. The molecule has 0 N–H and O–H groups in total. The first-order chi connectivity index (χ1) is 55.6. The molecule has 0 saturated carbocycles. The molecule has 0 fully saturated rings. The molecule has 0 aliphatic heterocycles. The quantitative estimate of drug-likeness (QED) is 0.142. The first kappa shape index (κ1) is 63.3. The Labute approximate surface area is 643 Å². The molecule has 520 valence electrons. The topological polar surface area (TPSA) is 52.6 Å². The van der Waals surface area contributed by atoms with Gasteiger partial charge in [0, 0.05) is 43.1 Å². The highest BCUT2D eigenvalue weighted by atomic mass is 16.3. The van der Waals surface area contributed by atoms with Gasteiger partial charge >= 0.3 is 0 Å². The van der Waals surface area contributed by atoms with Gasteiger partial charge in [-0.15, -0.1) is 0 Å². The molecule has 0 spiro atoms. The minimum Gasteiger partial charge on any atom is -0.456 e. The van der Waals surface area contributed by atoms with Gasteiger partial charge in [0.15, 0.2) is 0 Å². The third kappa shape index (κ3) is 9.95. The Balaban J connectivity index is 0.000000134. The molecule has 0 unspecified atom stereocenters. The Morgan fingerprint density at radius 2 is 0.375 bits per heavy atom. The van der Waals surface area contributed by atoms with Crippen molar-refractivity contribution in [1.29, 1.82) is 0 Å². The lowest BCUT2D eigenvalue weighted by molar-refractivity contribution is 0.668. The fourth-order valence-corrected chi connectivity index (χ4v) is 18.4. The normalized spacial score (nSPS) is 11.9. The van der Waals surface area contributed by atoms with Crippen LogP contribution in [0.1, 0.15) is 0 Å². The number of hydrogen-bond donors (Lipinski definition) is 0. The predicted octanol–water partition coefficient (Wildman–Crippen LogP) is 31.2. The van der Waals surface area contributed by atoms with Gasteiger partial charge in [0.2, 0.25) is 0 Å². The Kier molecular flexibility index (Phi) is 14.3. The van der Waals surface area contributed by atoms with E-state index in [4.69, 9.17) is 17.7 Å². The van der Waals surface area contributed by atoms with Crippen molar-refractivity contribution in [1.82, 2.24) is 0 Å². The van der Waals surface area contributed by atoms with Crippen LogP contribution in [-0.4, -0.2) is 0 Å². The van der Waals surface area contributed by atoms with Gasteiger partial charge in [0.25, 0.3) is 0 Å². The fraction of sp³-hybridized carbons (Fsp3) is 0. The lowest BCUT2D eigenvalue weighted by Gasteiger charge is -2.20. The van der Waals surface area contributed by atoms with Crippen LogP contribution in [-0.2, 0) is 0 Å². The lowest BCUT2D eigenvalue weighted by Crippen LogP contribution is -1.92. The molecule has 20 aromatic carbocycles. The Hall–Kier alpha value is -14.8. The van der Waals surface area contributed by atoms with E-state index in [-0.39, 0.29) is 0 Å². The maximum absolute atomic E-state index is 6.42. The van der Waals surface area contributed by atoms with Crippen LogP contribution in [0.25, 0.3) is 241 Å². The Bertz CT molecular complexity index is 7660. The maximum Gasteiger partial charge on any atom is 0.136 e. The molecular formula is C108H64O4. The van der Waals surface area contributed by atoms with E-state index in [0.717, 1.165) is 110 Å². The summed E-state index contributed by atoms with van der Waals surface area (Å²) in [5.74, 6) is 0. The third-order valence-corrected chi connectivity index (χ3v) is 23.4. The first-order valence-electron chi connectivity index (χ1n) is 38.3. The molecule has 4 heteroatoms. The Morgan fingerprint density at radius 1 is 0.116 bits per heavy atom. The molecule has 0 bridgehead atoms. The number of benzene rings is 20. The monoisotopic (exact) mass is 1420 g/mol. The van der Waals surface area contributed by atoms with Gasteiger partial charge in [-0.1, -0.05) is 315 Å². The number of fused-ring (bicyclic) bond motifs is 18. The summed E-state index contributed by atoms with van der Waals surface area (Å²) in [4.78, 5) is 0. The average molecular weight is 1430 g/mol. The zero-order chi connectivity index (χ0) is 73.5. The van der Waals surface area contributed by atoms with Gasteiger partial charge in [-0.25, -0.2) is 0 Å². The highest BCUT2D eigenvalue weighted by Gasteiger charge is 2.25. The molecule has 0 atom stereocenters. The van der Waals surface area contributed by atoms with Gasteiger partial charge in [0.1, 0.15) is 44.7 Å². The second kappa shape index (κ2) is 25.4. The van der Waals surface area contributed by atoms with E-state index >= 15 is 0 Å². The number of furan rings is 4. The summed E-state index contributed by atoms with van der Waals surface area (Å²) < 4.78 is 25.4. The molecule has 24 aromatic rings. The van der Waals surface area contributed by atoms with Crippen molar-refractivity contribution >= 4 is 152 Å². The van der Waals surface area contributed by atoms with Gasteiger partial charge in [-0.3, -0.25) is 0 Å². The van der Waals surface area contributed by atoms with E-state index in [1.54, 1.807) is 0 Å². The van der Waals surface area contributed by atoms with Crippen LogP contribution in [0, 0.1) is 0 Å². The second-order valence-electron chi connectivity index (χ2n) is 29.4. The SMILES string of the molecule is c1ccc(-c2ccc(-c3c4cccc(-c5ccc6oc7ccccc7c6c5)c4cc4c(-c5ccc6oc7ccccc7c6c5)cccc34)c3ccccc23)cc1.c1ccc(-c2ccc(-c3c4cccc(-c5cccc6oc7ccccc7c56)c4cc4c(-c5cccc6oc7ccccc7c56)cccc34)c3ccccc23)cc1. The van der Waals surface area contributed by atoms with E-state index in [2.05, 4.69) is 352 Å². The van der Waals surface area contributed by atoms with E-state index in [1.807, 2.05) is 36.4 Å². The summed E-state index contributed by atoms with van der Waals surface area (Å²) in [6.45, 7) is 0. The van der Waals surface area contributed by atoms with Crippen LogP contribution in [0.5, 0.6) is 0 Å². The minimum atomic E-state index is 0.892. The zero-order valence-electron chi connectivity index (χ0n) is 60.6. The van der Waals surface area contributed by atoms with Crippen LogP contribution >= 0.6 is 0 Å². The molecule has 0 amide bonds. The van der Waals surface area contributed by atoms with E-state index in [9.17, 15) is 0 Å². The van der Waals surface area contributed by atoms with Crippen molar-refractivity contribution < 1.29 is 17.7 Å². The van der Waals surface area contributed by atoms with Crippen LogP contribution in [0.3, 0.4) is 0 Å². The summed E-state index contributed by atoms with van der Waals surface area (Å²) in [7, 11) is 0. The highest BCUT2D eigenvalue weighted by molar-refractivity contribution is 6.27. The second-order valence-corrected chi connectivity index (χ2v) is 29.4. The van der Waals surface area contributed by atoms with Gasteiger partial charge < -0.3 is 17.7 Å². The number of hydrogen-bond acceptors (Lipinski definition) is 4. The van der Waals surface area contributed by atoms with Crippen LogP contribution in [0.2, 0.25) is 0 Å². The van der Waals surface area contributed by atoms with Crippen LogP contribution < -0.4 is 0 Å². The number of para-hydroxylation sites is 4. The standard InChI is InChI=1S/2C54H32O2/c1-2-14-33(15-3-1)34-30-31-43(36-17-5-4-16-35(34)36)52-41-22-10-20-37(39-24-12-28-50-53(39)44-18-6-8-26-48(44)55-50)46(41)32-47-38(21-11-23-42(47)52)40-25-13-29-51-54(40)45-19-7-9-27-49(45)56-51;1-2-12-33(13-3-1)38-26-27-45(40-15-5-4-14-39(38)40)54-43-20-10-18-36(34-24-28-52-48(30-34)41-16-6-8-22-50(41)55-52)46(43)32-47-37(19-11-21-44(47)54)35-25-29-53-49(31-35)42-17-7-9-23-51(42)56-53/h2*1-32H. The first-order valence-corrected chi connectivity index (χ1v) is 38.3. The third-order valence-electron chi connectivity index (χ3n) is 23.4. The Morgan fingerprint density at radius 3 is 0.777 bits per heavy atom. The summed E-state index contributed by atoms with van der Waals surface area (Å²) in [5, 5.41) is 23.6. The molecule has 0 saturated heterocycles. The van der Waals surface area contributed by atoms with Gasteiger partial charge in [-0.05, 0) is 226 Å². The summed E-state index contributed by atoms with van der Waals surface area (Å²) >= 11 is 0. The fourth-order valence-electron chi connectivity index (χ4n) is 18.4. The van der Waals surface area contributed by atoms with Crippen molar-refractivity contribution in [2.75, 3.05) is 0 Å². The minimum absolute atomic E-state index is 0.892. The molecule has 4 nitrogen and oxygen atoms in total. The van der Waals surface area contributed by atoms with Crippen molar-refractivity contribution in [3.8, 4) is 89.0 Å². The molecule has 0 aliphatic rings. The van der Waals surface area contributed by atoms with Crippen molar-refractivity contribution in [3.63, 3.8) is 0 Å². The number of rotatable bonds is 8. The molecule has 4 heterocycles. The van der Waals surface area contributed by atoms with Crippen molar-refractivity contribution in [3.05, 3.63) is 388 Å². The smallest absolute Gasteiger partial charge is 0.136 e. The van der Waals surface area contributed by atoms with E-state index in [0.29, 0.717) is 0 Å². The molecule has 24 rings (SSSR count). The van der Waals surface area contributed by atoms with E-state index in [1.165, 1.54) is 131 Å². The van der Waals surface area contributed by atoms with Crippen molar-refractivity contribution in [2.45, 2.75) is 0 Å². The van der Waals surface area contributed by atoms with Crippen LogP contribution in [0.15, 0.2) is 406 Å². The molecular weight excluding hydrogens is 1360 g/mol. The average Bonchev–Trinajstić information content (AvgIpc) is 0.936. The zero-order valence-corrected chi connectivity index (χ0v) is 60.6. The predicted molar refractivity (Wildman–Crippen MR) is 471 cm³/mol. The molecule has 0 aliphatic carbocycles. The van der Waals surface area contributed by atoms with E-state index < -0.39 is 0 Å².